The first-order chi connectivity index (χ1) is 4.81. The van der Waals surface area contributed by atoms with Crippen molar-refractivity contribution in [2.24, 2.45) is 0 Å². The van der Waals surface area contributed by atoms with Gasteiger partial charge < -0.3 is 9.64 Å². The van der Waals surface area contributed by atoms with Crippen molar-refractivity contribution >= 4 is 6.08 Å². The number of hydrogen-bond donors (Lipinski definition) is 1. The van der Waals surface area contributed by atoms with E-state index >= 15 is 0 Å². The van der Waals surface area contributed by atoms with Gasteiger partial charge in [0.25, 0.3) is 0 Å². The molecule has 0 atom stereocenters. The predicted molar refractivity (Wildman–Crippen MR) is 36.7 cm³/mol. The minimum Gasteiger partial charge on any atom is -0.379 e. The fourth-order valence-electron chi connectivity index (χ4n) is 0.655. The Morgan fingerprint density at radius 3 is 2.10 bits per heavy atom. The van der Waals surface area contributed by atoms with Crippen molar-refractivity contribution in [1.29, 1.82) is 5.41 Å². The summed E-state index contributed by atoms with van der Waals surface area (Å²) in [5.41, 5.74) is 0. The van der Waals surface area contributed by atoms with Crippen LogP contribution in [-0.4, -0.2) is 44.3 Å². The summed E-state index contributed by atoms with van der Waals surface area (Å²) >= 11 is 0. The maximum Gasteiger partial charge on any atom is 0.231 e. The predicted octanol–water partition coefficient (Wildman–Crippen LogP) is -0.151. The molecule has 0 bridgehead atoms. The van der Waals surface area contributed by atoms with Crippen LogP contribution in [0.4, 0.5) is 0 Å². The summed E-state index contributed by atoms with van der Waals surface area (Å²) in [6, 6.07) is 0. The summed E-state index contributed by atoms with van der Waals surface area (Å²) in [4.78, 5) is 10.6. The smallest absolute Gasteiger partial charge is 0.231 e. The lowest BCUT2D eigenvalue weighted by molar-refractivity contribution is 0.0503. The topological polar surface area (TPSA) is 53.4 Å². The van der Waals surface area contributed by atoms with Crippen LogP contribution in [-0.2, 0) is 9.53 Å². The second-order valence-electron chi connectivity index (χ2n) is 2.02. The molecule has 10 heavy (non-hydrogen) atoms. The van der Waals surface area contributed by atoms with Crippen molar-refractivity contribution in [1.82, 2.24) is 4.90 Å². The fourth-order valence-corrected chi connectivity index (χ4v) is 0.655. The highest BCUT2D eigenvalue weighted by atomic mass is 16.5. The lowest BCUT2D eigenvalue weighted by Gasteiger charge is -2.21. The molecule has 0 aromatic carbocycles. The highest BCUT2D eigenvalue weighted by Gasteiger charge is 2.02. The zero-order chi connectivity index (χ0) is 7.82. The van der Waals surface area contributed by atoms with Gasteiger partial charge in [0.2, 0.25) is 6.08 Å². The Hall–Kier alpha value is -0.700. The Kier molecular flexibility index (Phi) is 5.97. The molecule has 4 heteroatoms. The van der Waals surface area contributed by atoms with E-state index in [1.807, 2.05) is 0 Å². The van der Waals surface area contributed by atoms with Gasteiger partial charge in [-0.05, 0) is 7.05 Å². The van der Waals surface area contributed by atoms with Gasteiger partial charge in [-0.2, -0.15) is 0 Å². The highest BCUT2D eigenvalue weighted by Crippen LogP contribution is 1.89. The number of rotatable bonds is 0. The molecule has 0 amide bonds. The molecule has 1 heterocycles. The van der Waals surface area contributed by atoms with Gasteiger partial charge in [0.1, 0.15) is 0 Å². The first kappa shape index (κ1) is 9.30. The maximum absolute atomic E-state index is 8.35. The van der Waals surface area contributed by atoms with Crippen molar-refractivity contribution in [2.75, 3.05) is 33.4 Å². The third-order valence-corrected chi connectivity index (χ3v) is 1.23. The molecule has 0 unspecified atom stereocenters. The first-order valence-electron chi connectivity index (χ1n) is 3.11. The molecule has 0 radical (unpaired) electrons. The lowest BCUT2D eigenvalue weighted by Crippen LogP contribution is -2.32. The van der Waals surface area contributed by atoms with Gasteiger partial charge in [0.15, 0.2) is 0 Å². The molecule has 0 saturated carbocycles. The van der Waals surface area contributed by atoms with Crippen LogP contribution in [0.5, 0.6) is 0 Å². The van der Waals surface area contributed by atoms with Gasteiger partial charge in [-0.1, -0.05) is 0 Å². The number of hydrogen-bond acceptors (Lipinski definition) is 4. The highest BCUT2D eigenvalue weighted by molar-refractivity contribution is 5.26. The summed E-state index contributed by atoms with van der Waals surface area (Å²) < 4.78 is 5.10. The Balaban J connectivity index is 0.000000236. The summed E-state index contributed by atoms with van der Waals surface area (Å²) in [6.07, 6.45) is 0.750. The summed E-state index contributed by atoms with van der Waals surface area (Å²) in [5.74, 6) is 0. The van der Waals surface area contributed by atoms with Gasteiger partial charge in [-0.15, -0.1) is 0 Å². The van der Waals surface area contributed by atoms with E-state index < -0.39 is 0 Å². The van der Waals surface area contributed by atoms with Gasteiger partial charge in [0.05, 0.1) is 13.2 Å². The Labute approximate surface area is 60.3 Å². The molecule has 0 aromatic heterocycles. The molecule has 0 aliphatic carbocycles. The minimum atomic E-state index is 0.750. The van der Waals surface area contributed by atoms with Crippen LogP contribution in [0.1, 0.15) is 0 Å². The third-order valence-electron chi connectivity index (χ3n) is 1.23. The van der Waals surface area contributed by atoms with E-state index in [-0.39, 0.29) is 0 Å². The summed E-state index contributed by atoms with van der Waals surface area (Å²) in [6.45, 7) is 4.02. The van der Waals surface area contributed by atoms with Gasteiger partial charge in [-0.25, -0.2) is 10.2 Å². The van der Waals surface area contributed by atoms with Crippen LogP contribution >= 0.6 is 0 Å². The van der Waals surface area contributed by atoms with Crippen molar-refractivity contribution in [3.63, 3.8) is 0 Å². The molecule has 1 aliphatic rings. The summed E-state index contributed by atoms with van der Waals surface area (Å²) in [7, 11) is 2.11. The molecule has 4 nitrogen and oxygen atoms in total. The largest absolute Gasteiger partial charge is 0.379 e. The van der Waals surface area contributed by atoms with Gasteiger partial charge in [0, 0.05) is 13.1 Å². The Morgan fingerprint density at radius 2 is 1.90 bits per heavy atom. The van der Waals surface area contributed by atoms with Crippen molar-refractivity contribution in [3.8, 4) is 0 Å². The zero-order valence-electron chi connectivity index (χ0n) is 6.09. The van der Waals surface area contributed by atoms with Crippen molar-refractivity contribution < 1.29 is 9.53 Å². The van der Waals surface area contributed by atoms with Gasteiger partial charge >= 0.3 is 0 Å². The van der Waals surface area contributed by atoms with E-state index in [9.17, 15) is 0 Å². The second kappa shape index (κ2) is 6.42. The van der Waals surface area contributed by atoms with Crippen LogP contribution in [0.3, 0.4) is 0 Å². The van der Waals surface area contributed by atoms with Crippen LogP contribution in [0.2, 0.25) is 0 Å². The number of ether oxygens (including phenoxy) is 1. The number of isocyanates is 1. The first-order valence-corrected chi connectivity index (χ1v) is 3.11. The van der Waals surface area contributed by atoms with E-state index in [0.717, 1.165) is 32.4 Å². The fraction of sp³-hybridized carbons (Fsp3) is 0.833. The normalized spacial score (nSPS) is 18.5. The van der Waals surface area contributed by atoms with E-state index in [4.69, 9.17) is 14.9 Å². The molecule has 0 spiro atoms. The molecule has 1 fully saturated rings. The molecular weight excluding hydrogens is 132 g/mol. The number of nitrogens with one attached hydrogen (secondary N) is 1. The number of morpholine rings is 1. The number of likely N-dealkylation sites (N-methyl/N-ethyl adjacent to an activating group) is 1. The number of carbonyl (C=O) groups excluding carboxylic acids is 1. The van der Waals surface area contributed by atoms with E-state index in [1.54, 1.807) is 0 Å². The SMILES string of the molecule is CN1CCOCC1.N=C=O. The Morgan fingerprint density at radius 1 is 1.50 bits per heavy atom. The van der Waals surface area contributed by atoms with Crippen molar-refractivity contribution in [3.05, 3.63) is 0 Å². The Bertz CT molecular complexity index is 104. The monoisotopic (exact) mass is 144 g/mol. The quantitative estimate of drug-likeness (QED) is 0.380. The molecule has 1 rings (SSSR count). The minimum absolute atomic E-state index is 0.750. The zero-order valence-corrected chi connectivity index (χ0v) is 6.09. The van der Waals surface area contributed by atoms with E-state index in [0.29, 0.717) is 0 Å². The molecule has 58 valence electrons. The molecule has 0 aromatic rings. The van der Waals surface area contributed by atoms with Crippen LogP contribution in [0, 0.1) is 5.41 Å². The molecular formula is C6H12N2O2. The average molecular weight is 144 g/mol. The second-order valence-corrected chi connectivity index (χ2v) is 2.02. The van der Waals surface area contributed by atoms with Gasteiger partial charge in [-0.3, -0.25) is 0 Å². The average Bonchev–Trinajstić information content (AvgIpc) is 1.91. The van der Waals surface area contributed by atoms with E-state index in [1.165, 1.54) is 0 Å². The van der Waals surface area contributed by atoms with Crippen LogP contribution in [0.15, 0.2) is 0 Å². The molecule has 1 N–H and O–H groups in total. The van der Waals surface area contributed by atoms with Crippen LogP contribution in [0.25, 0.3) is 0 Å². The van der Waals surface area contributed by atoms with Crippen LogP contribution < -0.4 is 0 Å². The number of nitrogens with zero attached hydrogens (tertiary/aromatic N) is 1. The molecule has 1 saturated heterocycles. The lowest BCUT2D eigenvalue weighted by atomic mass is 10.5. The summed E-state index contributed by atoms with van der Waals surface area (Å²) in [5, 5.41) is 5.40. The maximum atomic E-state index is 8.35. The standard InChI is InChI=1S/C5H11NO.CHNO/c1-6-2-4-7-5-3-6;2-1-3/h2-5H2,1H3;2H. The molecule has 1 aliphatic heterocycles. The van der Waals surface area contributed by atoms with Crippen molar-refractivity contribution in [2.45, 2.75) is 0 Å². The van der Waals surface area contributed by atoms with E-state index in [2.05, 4.69) is 11.9 Å². The third kappa shape index (κ3) is 5.44.